The fourth-order valence-corrected chi connectivity index (χ4v) is 2.21. The average Bonchev–Trinajstić information content (AvgIpc) is 2.90. The first-order valence-corrected chi connectivity index (χ1v) is 6.45. The van der Waals surface area contributed by atoms with E-state index in [2.05, 4.69) is 4.98 Å². The van der Waals surface area contributed by atoms with Crippen LogP contribution in [0.15, 0.2) is 54.7 Å². The molecule has 0 amide bonds. The van der Waals surface area contributed by atoms with Crippen molar-refractivity contribution in [1.29, 1.82) is 0 Å². The number of para-hydroxylation sites is 1. The SMILES string of the molecule is O=C(C=Cc1c[nH]c2ccccc12)c1cc(O)ccc1O. The minimum atomic E-state index is -0.367. The van der Waals surface area contributed by atoms with Crippen molar-refractivity contribution in [3.8, 4) is 11.5 Å². The maximum absolute atomic E-state index is 12.1. The molecule has 0 atom stereocenters. The zero-order valence-electron chi connectivity index (χ0n) is 11.1. The number of aromatic nitrogens is 1. The smallest absolute Gasteiger partial charge is 0.189 e. The molecule has 0 aliphatic carbocycles. The molecule has 4 nitrogen and oxygen atoms in total. The molecule has 3 N–H and O–H groups in total. The summed E-state index contributed by atoms with van der Waals surface area (Å²) in [6, 6.07) is 11.6. The molecule has 2 aromatic carbocycles. The highest BCUT2D eigenvalue weighted by Crippen LogP contribution is 2.24. The second-order valence-electron chi connectivity index (χ2n) is 4.69. The molecule has 0 unspecified atom stereocenters. The van der Waals surface area contributed by atoms with Crippen molar-refractivity contribution in [1.82, 2.24) is 4.98 Å². The van der Waals surface area contributed by atoms with Crippen LogP contribution >= 0.6 is 0 Å². The predicted octanol–water partition coefficient (Wildman–Crippen LogP) is 3.48. The Morgan fingerprint density at radius 3 is 2.76 bits per heavy atom. The molecular weight excluding hydrogens is 266 g/mol. The van der Waals surface area contributed by atoms with Gasteiger partial charge in [-0.05, 0) is 42.0 Å². The van der Waals surface area contributed by atoms with Crippen LogP contribution in [-0.4, -0.2) is 21.0 Å². The lowest BCUT2D eigenvalue weighted by Gasteiger charge is -2.00. The summed E-state index contributed by atoms with van der Waals surface area (Å²) in [4.78, 5) is 15.2. The third-order valence-electron chi connectivity index (χ3n) is 3.28. The molecule has 0 radical (unpaired) electrons. The van der Waals surface area contributed by atoms with Gasteiger partial charge in [0.05, 0.1) is 5.56 Å². The summed E-state index contributed by atoms with van der Waals surface area (Å²) in [6.45, 7) is 0. The molecule has 104 valence electrons. The van der Waals surface area contributed by atoms with Crippen molar-refractivity contribution in [2.45, 2.75) is 0 Å². The number of ketones is 1. The Labute approximate surface area is 121 Å². The third-order valence-corrected chi connectivity index (χ3v) is 3.28. The molecule has 3 aromatic rings. The Kier molecular flexibility index (Phi) is 3.20. The number of benzene rings is 2. The summed E-state index contributed by atoms with van der Waals surface area (Å²) in [5.41, 5.74) is 1.95. The Hall–Kier alpha value is -3.01. The van der Waals surface area contributed by atoms with Gasteiger partial charge in [-0.15, -0.1) is 0 Å². The van der Waals surface area contributed by atoms with Gasteiger partial charge in [0.1, 0.15) is 11.5 Å². The lowest BCUT2D eigenvalue weighted by atomic mass is 10.1. The van der Waals surface area contributed by atoms with Crippen molar-refractivity contribution >= 4 is 22.8 Å². The first-order chi connectivity index (χ1) is 10.1. The van der Waals surface area contributed by atoms with Crippen LogP contribution in [0.25, 0.3) is 17.0 Å². The number of fused-ring (bicyclic) bond motifs is 1. The van der Waals surface area contributed by atoms with Gasteiger partial charge in [-0.25, -0.2) is 0 Å². The molecule has 3 rings (SSSR count). The van der Waals surface area contributed by atoms with Gasteiger partial charge in [0, 0.05) is 17.1 Å². The van der Waals surface area contributed by atoms with Crippen molar-refractivity contribution in [2.24, 2.45) is 0 Å². The second kappa shape index (κ2) is 5.17. The highest BCUT2D eigenvalue weighted by atomic mass is 16.3. The highest BCUT2D eigenvalue weighted by Gasteiger charge is 2.09. The minimum absolute atomic E-state index is 0.0587. The largest absolute Gasteiger partial charge is 0.508 e. The van der Waals surface area contributed by atoms with E-state index < -0.39 is 0 Å². The number of hydrogen-bond acceptors (Lipinski definition) is 3. The maximum atomic E-state index is 12.1. The maximum Gasteiger partial charge on any atom is 0.189 e. The summed E-state index contributed by atoms with van der Waals surface area (Å²) < 4.78 is 0. The van der Waals surface area contributed by atoms with E-state index >= 15 is 0 Å². The zero-order valence-corrected chi connectivity index (χ0v) is 11.1. The topological polar surface area (TPSA) is 73.3 Å². The summed E-state index contributed by atoms with van der Waals surface area (Å²) in [5.74, 6) is -0.577. The number of phenols is 2. The van der Waals surface area contributed by atoms with E-state index in [1.807, 2.05) is 30.5 Å². The number of phenolic OH excluding ortho intramolecular Hbond substituents is 2. The normalized spacial score (nSPS) is 11.2. The molecule has 0 fully saturated rings. The van der Waals surface area contributed by atoms with E-state index in [9.17, 15) is 15.0 Å². The number of allylic oxidation sites excluding steroid dienone is 1. The quantitative estimate of drug-likeness (QED) is 0.390. The van der Waals surface area contributed by atoms with Gasteiger partial charge in [0.25, 0.3) is 0 Å². The van der Waals surface area contributed by atoms with E-state index in [-0.39, 0.29) is 22.8 Å². The Morgan fingerprint density at radius 2 is 1.90 bits per heavy atom. The Morgan fingerprint density at radius 1 is 1.10 bits per heavy atom. The van der Waals surface area contributed by atoms with E-state index in [0.717, 1.165) is 16.5 Å². The zero-order chi connectivity index (χ0) is 14.8. The molecule has 1 aromatic heterocycles. The number of hydrogen-bond donors (Lipinski definition) is 3. The van der Waals surface area contributed by atoms with Crippen LogP contribution in [-0.2, 0) is 0 Å². The molecule has 0 bridgehead atoms. The van der Waals surface area contributed by atoms with Gasteiger partial charge in [0.15, 0.2) is 5.78 Å². The van der Waals surface area contributed by atoms with Crippen LogP contribution in [0.5, 0.6) is 11.5 Å². The van der Waals surface area contributed by atoms with Crippen molar-refractivity contribution < 1.29 is 15.0 Å². The molecule has 4 heteroatoms. The number of carbonyl (C=O) groups is 1. The van der Waals surface area contributed by atoms with Gasteiger partial charge in [-0.2, -0.15) is 0 Å². The van der Waals surface area contributed by atoms with Gasteiger partial charge >= 0.3 is 0 Å². The van der Waals surface area contributed by atoms with Crippen molar-refractivity contribution in [2.75, 3.05) is 0 Å². The molecule has 0 aliphatic heterocycles. The van der Waals surface area contributed by atoms with Crippen LogP contribution < -0.4 is 0 Å². The standard InChI is InChI=1S/C17H13NO3/c19-12-6-8-17(21)14(9-12)16(20)7-5-11-10-18-15-4-2-1-3-13(11)15/h1-10,18-19,21H. The molecule has 0 aliphatic rings. The van der Waals surface area contributed by atoms with Crippen LogP contribution in [0.4, 0.5) is 0 Å². The molecule has 21 heavy (non-hydrogen) atoms. The molecule has 0 saturated heterocycles. The van der Waals surface area contributed by atoms with E-state index in [0.29, 0.717) is 0 Å². The fourth-order valence-electron chi connectivity index (χ4n) is 2.21. The van der Waals surface area contributed by atoms with Crippen molar-refractivity contribution in [3.05, 3.63) is 65.9 Å². The lowest BCUT2D eigenvalue weighted by Crippen LogP contribution is -1.94. The van der Waals surface area contributed by atoms with Crippen LogP contribution in [0.2, 0.25) is 0 Å². The number of carbonyl (C=O) groups excluding carboxylic acids is 1. The Balaban J connectivity index is 1.92. The van der Waals surface area contributed by atoms with Crippen LogP contribution in [0.3, 0.4) is 0 Å². The molecule has 1 heterocycles. The molecule has 0 saturated carbocycles. The summed E-state index contributed by atoms with van der Waals surface area (Å²) in [7, 11) is 0. The first kappa shape index (κ1) is 13.0. The van der Waals surface area contributed by atoms with E-state index in [4.69, 9.17) is 0 Å². The number of H-pyrrole nitrogens is 1. The van der Waals surface area contributed by atoms with Crippen LogP contribution in [0.1, 0.15) is 15.9 Å². The molecule has 0 spiro atoms. The summed E-state index contributed by atoms with van der Waals surface area (Å²) in [6.07, 6.45) is 4.88. The highest BCUT2D eigenvalue weighted by molar-refractivity contribution is 6.09. The number of nitrogens with one attached hydrogen (secondary N) is 1. The van der Waals surface area contributed by atoms with E-state index in [1.54, 1.807) is 6.08 Å². The first-order valence-electron chi connectivity index (χ1n) is 6.45. The van der Waals surface area contributed by atoms with E-state index in [1.165, 1.54) is 24.3 Å². The van der Waals surface area contributed by atoms with Crippen LogP contribution in [0, 0.1) is 0 Å². The fraction of sp³-hybridized carbons (Fsp3) is 0. The minimum Gasteiger partial charge on any atom is -0.508 e. The predicted molar refractivity (Wildman–Crippen MR) is 81.4 cm³/mol. The summed E-state index contributed by atoms with van der Waals surface area (Å²) in [5, 5.41) is 20.1. The average molecular weight is 279 g/mol. The van der Waals surface area contributed by atoms with Crippen molar-refractivity contribution in [3.63, 3.8) is 0 Å². The number of aromatic hydroxyl groups is 2. The van der Waals surface area contributed by atoms with Gasteiger partial charge in [0.2, 0.25) is 0 Å². The van der Waals surface area contributed by atoms with Gasteiger partial charge in [-0.3, -0.25) is 4.79 Å². The number of aromatic amines is 1. The van der Waals surface area contributed by atoms with Gasteiger partial charge in [-0.1, -0.05) is 18.2 Å². The third kappa shape index (κ3) is 2.51. The Bertz CT molecular complexity index is 846. The summed E-state index contributed by atoms with van der Waals surface area (Å²) >= 11 is 0. The second-order valence-corrected chi connectivity index (χ2v) is 4.69. The monoisotopic (exact) mass is 279 g/mol. The van der Waals surface area contributed by atoms with Gasteiger partial charge < -0.3 is 15.2 Å². The number of rotatable bonds is 3. The lowest BCUT2D eigenvalue weighted by molar-refractivity contribution is 0.104. The molecular formula is C17H13NO3.